The molecule has 0 saturated heterocycles. The first-order chi connectivity index (χ1) is 10.3. The summed E-state index contributed by atoms with van der Waals surface area (Å²) in [6.45, 7) is 4.88. The Morgan fingerprint density at radius 2 is 2.14 bits per heavy atom. The second kappa shape index (κ2) is 8.32. The molecule has 0 spiro atoms. The number of thioether (sulfide) groups is 1. The van der Waals surface area contributed by atoms with E-state index in [-0.39, 0.29) is 5.91 Å². The smallest absolute Gasteiger partial charge is 0.230 e. The molecular weight excluding hydrogens is 282 g/mol. The molecule has 0 radical (unpaired) electrons. The fourth-order valence-corrected chi connectivity index (χ4v) is 2.41. The average Bonchev–Trinajstić information content (AvgIpc) is 2.94. The van der Waals surface area contributed by atoms with Gasteiger partial charge in [0.05, 0.1) is 18.5 Å². The van der Waals surface area contributed by atoms with Gasteiger partial charge in [-0.1, -0.05) is 36.4 Å². The van der Waals surface area contributed by atoms with Crippen molar-refractivity contribution in [3.05, 3.63) is 66.5 Å². The van der Waals surface area contributed by atoms with Crippen LogP contribution in [0.5, 0.6) is 0 Å². The summed E-state index contributed by atoms with van der Waals surface area (Å²) in [6.07, 6.45) is 5.55. The number of carbonyl (C=O) groups is 1. The largest absolute Gasteiger partial charge is 0.351 e. The SMILES string of the molecule is C=CCSCC(=O)NCc1cnn(Cc2ccccc2)c1. The summed E-state index contributed by atoms with van der Waals surface area (Å²) in [5, 5.41) is 7.20. The lowest BCUT2D eigenvalue weighted by Gasteiger charge is -2.03. The van der Waals surface area contributed by atoms with Crippen LogP contribution in [-0.4, -0.2) is 27.2 Å². The molecule has 1 N–H and O–H groups in total. The zero-order chi connectivity index (χ0) is 14.9. The van der Waals surface area contributed by atoms with E-state index in [0.29, 0.717) is 12.3 Å². The van der Waals surface area contributed by atoms with Crippen molar-refractivity contribution in [1.29, 1.82) is 0 Å². The third kappa shape index (κ3) is 5.47. The Hall–Kier alpha value is -2.01. The number of hydrogen-bond acceptors (Lipinski definition) is 3. The van der Waals surface area contributed by atoms with Gasteiger partial charge in [-0.2, -0.15) is 5.10 Å². The predicted molar refractivity (Wildman–Crippen MR) is 87.1 cm³/mol. The molecule has 0 saturated carbocycles. The third-order valence-electron chi connectivity index (χ3n) is 2.83. The van der Waals surface area contributed by atoms with Gasteiger partial charge in [-0.25, -0.2) is 0 Å². The highest BCUT2D eigenvalue weighted by molar-refractivity contribution is 8.00. The van der Waals surface area contributed by atoms with Crippen molar-refractivity contribution in [2.24, 2.45) is 0 Å². The van der Waals surface area contributed by atoms with E-state index in [1.807, 2.05) is 29.1 Å². The van der Waals surface area contributed by atoms with Gasteiger partial charge in [0.2, 0.25) is 5.91 Å². The second-order valence-electron chi connectivity index (χ2n) is 4.61. The average molecular weight is 301 g/mol. The van der Waals surface area contributed by atoms with Crippen LogP contribution in [0.15, 0.2) is 55.4 Å². The molecular formula is C16H19N3OS. The van der Waals surface area contributed by atoms with Crippen molar-refractivity contribution < 1.29 is 4.79 Å². The number of benzene rings is 1. The van der Waals surface area contributed by atoms with Gasteiger partial charge in [0.25, 0.3) is 0 Å². The first kappa shape index (κ1) is 15.4. The lowest BCUT2D eigenvalue weighted by Crippen LogP contribution is -2.24. The van der Waals surface area contributed by atoms with Gasteiger partial charge in [0, 0.05) is 24.1 Å². The van der Waals surface area contributed by atoms with Gasteiger partial charge in [-0.3, -0.25) is 9.48 Å². The topological polar surface area (TPSA) is 46.9 Å². The van der Waals surface area contributed by atoms with E-state index in [0.717, 1.165) is 17.9 Å². The van der Waals surface area contributed by atoms with Crippen LogP contribution in [0.4, 0.5) is 0 Å². The van der Waals surface area contributed by atoms with E-state index in [1.165, 1.54) is 5.56 Å². The Morgan fingerprint density at radius 3 is 2.90 bits per heavy atom. The van der Waals surface area contributed by atoms with Crippen LogP contribution in [0, 0.1) is 0 Å². The van der Waals surface area contributed by atoms with Crippen molar-refractivity contribution in [1.82, 2.24) is 15.1 Å². The molecule has 110 valence electrons. The van der Waals surface area contributed by atoms with Crippen LogP contribution in [-0.2, 0) is 17.9 Å². The Kier molecular flexibility index (Phi) is 6.09. The maximum absolute atomic E-state index is 11.6. The number of rotatable bonds is 8. The molecule has 0 unspecified atom stereocenters. The van der Waals surface area contributed by atoms with Gasteiger partial charge >= 0.3 is 0 Å². The molecule has 1 amide bonds. The van der Waals surface area contributed by atoms with Gasteiger partial charge < -0.3 is 5.32 Å². The maximum Gasteiger partial charge on any atom is 0.230 e. The molecule has 1 aromatic heterocycles. The highest BCUT2D eigenvalue weighted by Gasteiger charge is 2.03. The first-order valence-electron chi connectivity index (χ1n) is 6.78. The maximum atomic E-state index is 11.6. The van der Waals surface area contributed by atoms with Gasteiger partial charge in [-0.05, 0) is 5.56 Å². The molecule has 0 aliphatic heterocycles. The summed E-state index contributed by atoms with van der Waals surface area (Å²) in [5.41, 5.74) is 2.21. The van der Waals surface area contributed by atoms with E-state index in [4.69, 9.17) is 0 Å². The molecule has 1 aromatic carbocycles. The van der Waals surface area contributed by atoms with Crippen molar-refractivity contribution in [3.63, 3.8) is 0 Å². The quantitative estimate of drug-likeness (QED) is 0.602. The lowest BCUT2D eigenvalue weighted by molar-refractivity contribution is -0.118. The monoisotopic (exact) mass is 301 g/mol. The highest BCUT2D eigenvalue weighted by Crippen LogP contribution is 2.04. The summed E-state index contributed by atoms with van der Waals surface area (Å²) in [5.74, 6) is 1.30. The molecule has 0 aliphatic carbocycles. The fourth-order valence-electron chi connectivity index (χ4n) is 1.84. The molecule has 4 nitrogen and oxygen atoms in total. The van der Waals surface area contributed by atoms with Gasteiger partial charge in [0.1, 0.15) is 0 Å². The minimum absolute atomic E-state index is 0.0395. The lowest BCUT2D eigenvalue weighted by atomic mass is 10.2. The van der Waals surface area contributed by atoms with Crippen LogP contribution in [0.1, 0.15) is 11.1 Å². The number of amides is 1. The molecule has 0 fully saturated rings. The molecule has 21 heavy (non-hydrogen) atoms. The van der Waals surface area contributed by atoms with Crippen molar-refractivity contribution >= 4 is 17.7 Å². The van der Waals surface area contributed by atoms with E-state index in [2.05, 4.69) is 29.1 Å². The summed E-state index contributed by atoms with van der Waals surface area (Å²) in [6, 6.07) is 10.2. The predicted octanol–water partition coefficient (Wildman–Crippen LogP) is 2.47. The van der Waals surface area contributed by atoms with Crippen molar-refractivity contribution in [2.45, 2.75) is 13.1 Å². The summed E-state index contributed by atoms with van der Waals surface area (Å²) >= 11 is 1.55. The van der Waals surface area contributed by atoms with E-state index >= 15 is 0 Å². The summed E-state index contributed by atoms with van der Waals surface area (Å²) in [4.78, 5) is 11.6. The molecule has 0 bridgehead atoms. The van der Waals surface area contributed by atoms with Crippen LogP contribution < -0.4 is 5.32 Å². The third-order valence-corrected chi connectivity index (χ3v) is 3.77. The van der Waals surface area contributed by atoms with E-state index < -0.39 is 0 Å². The van der Waals surface area contributed by atoms with Crippen LogP contribution in [0.2, 0.25) is 0 Å². The Balaban J connectivity index is 1.78. The van der Waals surface area contributed by atoms with Gasteiger partial charge in [0.15, 0.2) is 0 Å². The van der Waals surface area contributed by atoms with E-state index in [1.54, 1.807) is 24.0 Å². The number of aromatic nitrogens is 2. The molecule has 2 rings (SSSR count). The number of nitrogens with one attached hydrogen (secondary N) is 1. The zero-order valence-corrected chi connectivity index (χ0v) is 12.7. The minimum Gasteiger partial charge on any atom is -0.351 e. The Labute approximate surface area is 129 Å². The number of nitrogens with zero attached hydrogens (tertiary/aromatic N) is 2. The highest BCUT2D eigenvalue weighted by atomic mass is 32.2. The minimum atomic E-state index is 0.0395. The van der Waals surface area contributed by atoms with Crippen LogP contribution >= 0.6 is 11.8 Å². The molecule has 2 aromatic rings. The number of hydrogen-bond donors (Lipinski definition) is 1. The standard InChI is InChI=1S/C16H19N3OS/c1-2-8-21-13-16(20)17-9-15-10-18-19(12-15)11-14-6-4-3-5-7-14/h2-7,10,12H,1,8-9,11,13H2,(H,17,20). The van der Waals surface area contributed by atoms with Crippen LogP contribution in [0.3, 0.4) is 0 Å². The van der Waals surface area contributed by atoms with Crippen molar-refractivity contribution in [2.75, 3.05) is 11.5 Å². The second-order valence-corrected chi connectivity index (χ2v) is 5.64. The Morgan fingerprint density at radius 1 is 1.33 bits per heavy atom. The Bertz CT molecular complexity index is 580. The van der Waals surface area contributed by atoms with Crippen LogP contribution in [0.25, 0.3) is 0 Å². The first-order valence-corrected chi connectivity index (χ1v) is 7.94. The number of carbonyl (C=O) groups excluding carboxylic acids is 1. The fraction of sp³-hybridized carbons (Fsp3) is 0.250. The molecule has 0 atom stereocenters. The zero-order valence-electron chi connectivity index (χ0n) is 11.9. The molecule has 1 heterocycles. The molecule has 5 heteroatoms. The normalized spacial score (nSPS) is 10.3. The molecule has 0 aliphatic rings. The van der Waals surface area contributed by atoms with Crippen molar-refractivity contribution in [3.8, 4) is 0 Å². The summed E-state index contributed by atoms with van der Waals surface area (Å²) < 4.78 is 1.88. The van der Waals surface area contributed by atoms with E-state index in [9.17, 15) is 4.79 Å². The summed E-state index contributed by atoms with van der Waals surface area (Å²) in [7, 11) is 0. The van der Waals surface area contributed by atoms with Gasteiger partial charge in [-0.15, -0.1) is 18.3 Å².